The smallest absolute Gasteiger partial charge is 0.286 e. The lowest BCUT2D eigenvalue weighted by Gasteiger charge is -2.21. The van der Waals surface area contributed by atoms with E-state index in [9.17, 15) is 18.0 Å². The molecule has 0 aliphatic rings. The summed E-state index contributed by atoms with van der Waals surface area (Å²) in [4.78, 5) is 27.0. The van der Waals surface area contributed by atoms with Gasteiger partial charge >= 0.3 is 0 Å². The summed E-state index contributed by atoms with van der Waals surface area (Å²) in [6.45, 7) is 6.97. The predicted octanol–water partition coefficient (Wildman–Crippen LogP) is 4.10. The molecule has 0 saturated heterocycles. The Bertz CT molecular complexity index is 1060. The Hall–Kier alpha value is -2.36. The molecule has 2 aromatic carbocycles. The van der Waals surface area contributed by atoms with E-state index in [0.29, 0.717) is 16.1 Å². The van der Waals surface area contributed by atoms with Crippen molar-refractivity contribution in [1.82, 2.24) is 9.62 Å². The van der Waals surface area contributed by atoms with E-state index in [1.54, 1.807) is 72.1 Å². The van der Waals surface area contributed by atoms with Gasteiger partial charge in [-0.25, -0.2) is 13.1 Å². The number of sulfonamides is 1. The van der Waals surface area contributed by atoms with Gasteiger partial charge in [0.25, 0.3) is 11.1 Å². The summed E-state index contributed by atoms with van der Waals surface area (Å²) in [6, 6.07) is 11.4. The highest BCUT2D eigenvalue weighted by Gasteiger charge is 2.24. The summed E-state index contributed by atoms with van der Waals surface area (Å²) in [5.74, 6) is -0.453. The number of aryl methyl sites for hydroxylation is 1. The molecule has 0 fully saturated rings. The first-order chi connectivity index (χ1) is 13.8. The topological polar surface area (TPSA) is 95.6 Å². The maximum absolute atomic E-state index is 12.9. The molecule has 0 saturated carbocycles. The number of para-hydroxylation sites is 1. The number of carbonyl (C=O) groups excluding carboxylic acids is 2. The van der Waals surface area contributed by atoms with Gasteiger partial charge in [-0.3, -0.25) is 9.59 Å². The Morgan fingerprint density at radius 1 is 1.03 bits per heavy atom. The second-order valence-corrected chi connectivity index (χ2v) is 10.7. The van der Waals surface area contributed by atoms with Crippen molar-refractivity contribution in [2.24, 2.45) is 0 Å². The van der Waals surface area contributed by atoms with Gasteiger partial charge in [0.1, 0.15) is 0 Å². The third-order valence-electron chi connectivity index (χ3n) is 3.90. The van der Waals surface area contributed by atoms with Gasteiger partial charge in [0.05, 0.1) is 10.6 Å². The van der Waals surface area contributed by atoms with E-state index in [2.05, 4.69) is 10.0 Å². The first-order valence-electron chi connectivity index (χ1n) is 9.24. The van der Waals surface area contributed by atoms with Gasteiger partial charge in [0.15, 0.2) is 0 Å². The fraction of sp³-hybridized carbons (Fsp3) is 0.333. The van der Waals surface area contributed by atoms with E-state index in [1.807, 2.05) is 0 Å². The Kier molecular flexibility index (Phi) is 7.33. The summed E-state index contributed by atoms with van der Waals surface area (Å²) in [7, 11) is -0.481. The molecule has 0 aliphatic carbocycles. The normalized spacial score (nSPS) is 11.8. The van der Waals surface area contributed by atoms with Crippen LogP contribution in [0.25, 0.3) is 0 Å². The largest absolute Gasteiger partial charge is 0.339 e. The van der Waals surface area contributed by atoms with E-state index in [0.717, 1.165) is 11.8 Å². The summed E-state index contributed by atoms with van der Waals surface area (Å²) in [6.07, 6.45) is 0. The van der Waals surface area contributed by atoms with Gasteiger partial charge in [-0.05, 0) is 69.3 Å². The van der Waals surface area contributed by atoms with Crippen LogP contribution in [-0.2, 0) is 10.0 Å². The van der Waals surface area contributed by atoms with E-state index in [-0.39, 0.29) is 15.7 Å². The lowest BCUT2D eigenvalue weighted by molar-refractivity contribution is 0.102. The van der Waals surface area contributed by atoms with Gasteiger partial charge < -0.3 is 10.2 Å². The molecule has 162 valence electrons. The first kappa shape index (κ1) is 23.9. The molecule has 0 aliphatic heterocycles. The molecular formula is C21H27N3O4S2. The highest BCUT2D eigenvalue weighted by molar-refractivity contribution is 8.13. The van der Waals surface area contributed by atoms with Gasteiger partial charge in [-0.2, -0.15) is 0 Å². The van der Waals surface area contributed by atoms with Gasteiger partial charge in [0, 0.05) is 30.1 Å². The second-order valence-electron chi connectivity index (χ2n) is 8.04. The van der Waals surface area contributed by atoms with Crippen molar-refractivity contribution in [1.29, 1.82) is 0 Å². The zero-order valence-corrected chi connectivity index (χ0v) is 19.6. The zero-order chi connectivity index (χ0) is 22.7. The van der Waals surface area contributed by atoms with Gasteiger partial charge in [-0.15, -0.1) is 0 Å². The van der Waals surface area contributed by atoms with Crippen molar-refractivity contribution in [2.75, 3.05) is 19.4 Å². The van der Waals surface area contributed by atoms with Crippen LogP contribution in [0.1, 0.15) is 36.7 Å². The number of nitrogens with one attached hydrogen (secondary N) is 2. The van der Waals surface area contributed by atoms with Crippen molar-refractivity contribution in [2.45, 2.75) is 43.0 Å². The second kappa shape index (κ2) is 9.20. The number of hydrogen-bond acceptors (Lipinski definition) is 5. The van der Waals surface area contributed by atoms with Gasteiger partial charge in [0.2, 0.25) is 10.0 Å². The Morgan fingerprint density at radius 3 is 2.27 bits per heavy atom. The van der Waals surface area contributed by atoms with Crippen LogP contribution in [-0.4, -0.2) is 44.1 Å². The summed E-state index contributed by atoms with van der Waals surface area (Å²) in [5.41, 5.74) is 0.701. The van der Waals surface area contributed by atoms with Gasteiger partial charge in [-0.1, -0.05) is 18.2 Å². The standard InChI is InChI=1S/C21H27N3O4S2/c1-14-11-12-15(30(27,28)23-21(2,3)4)13-16(14)19(25)22-17-9-7-8-10-18(17)29-20(26)24(5)6/h7-13,23H,1-6H3,(H,22,25). The average Bonchev–Trinajstić information content (AvgIpc) is 2.61. The maximum Gasteiger partial charge on any atom is 0.286 e. The molecular weight excluding hydrogens is 422 g/mol. The molecule has 2 N–H and O–H groups in total. The van der Waals surface area contributed by atoms with E-state index >= 15 is 0 Å². The Morgan fingerprint density at radius 2 is 1.67 bits per heavy atom. The van der Waals surface area contributed by atoms with Crippen LogP contribution in [0.2, 0.25) is 0 Å². The minimum Gasteiger partial charge on any atom is -0.339 e. The van der Waals surface area contributed by atoms with E-state index < -0.39 is 21.5 Å². The highest BCUT2D eigenvalue weighted by Crippen LogP contribution is 2.29. The molecule has 0 atom stereocenters. The first-order valence-corrected chi connectivity index (χ1v) is 11.5. The summed E-state index contributed by atoms with van der Waals surface area (Å²) in [5, 5.41) is 2.62. The lowest BCUT2D eigenvalue weighted by atomic mass is 10.1. The summed E-state index contributed by atoms with van der Waals surface area (Å²) >= 11 is 1.000. The van der Waals surface area contributed by atoms with Crippen molar-refractivity contribution in [3.05, 3.63) is 53.6 Å². The third kappa shape index (κ3) is 6.32. The number of amides is 2. The predicted molar refractivity (Wildman–Crippen MR) is 121 cm³/mol. The van der Waals surface area contributed by atoms with E-state index in [4.69, 9.17) is 0 Å². The Balaban J connectivity index is 2.34. The molecule has 0 unspecified atom stereocenters. The van der Waals surface area contributed by atoms with Crippen molar-refractivity contribution >= 4 is 38.6 Å². The molecule has 0 heterocycles. The monoisotopic (exact) mass is 449 g/mol. The minimum atomic E-state index is -3.78. The number of thioether (sulfide) groups is 1. The van der Waals surface area contributed by atoms with Crippen LogP contribution >= 0.6 is 11.8 Å². The molecule has 0 radical (unpaired) electrons. The van der Waals surface area contributed by atoms with Crippen LogP contribution in [0.15, 0.2) is 52.3 Å². The fourth-order valence-electron chi connectivity index (χ4n) is 2.51. The van der Waals surface area contributed by atoms with Crippen molar-refractivity contribution < 1.29 is 18.0 Å². The quantitative estimate of drug-likeness (QED) is 0.670. The van der Waals surface area contributed by atoms with Crippen LogP contribution < -0.4 is 10.0 Å². The third-order valence-corrected chi connectivity index (χ3v) is 6.77. The van der Waals surface area contributed by atoms with Crippen LogP contribution in [0, 0.1) is 6.92 Å². The molecule has 0 spiro atoms. The number of carbonyl (C=O) groups is 2. The molecule has 30 heavy (non-hydrogen) atoms. The molecule has 2 rings (SSSR count). The number of benzene rings is 2. The zero-order valence-electron chi connectivity index (χ0n) is 17.9. The SMILES string of the molecule is Cc1ccc(S(=O)(=O)NC(C)(C)C)cc1C(=O)Nc1ccccc1SC(=O)N(C)C. The Labute approximate surface area is 182 Å². The van der Waals surface area contributed by atoms with Crippen LogP contribution in [0.3, 0.4) is 0 Å². The van der Waals surface area contributed by atoms with Crippen molar-refractivity contribution in [3.8, 4) is 0 Å². The van der Waals surface area contributed by atoms with Crippen molar-refractivity contribution in [3.63, 3.8) is 0 Å². The molecule has 7 nitrogen and oxygen atoms in total. The fourth-order valence-corrected chi connectivity index (χ4v) is 4.70. The molecule has 2 aromatic rings. The number of hydrogen-bond donors (Lipinski definition) is 2. The van der Waals surface area contributed by atoms with Crippen LogP contribution in [0.5, 0.6) is 0 Å². The summed E-state index contributed by atoms with van der Waals surface area (Å²) < 4.78 is 27.9. The molecule has 9 heteroatoms. The number of anilines is 1. The highest BCUT2D eigenvalue weighted by atomic mass is 32.2. The average molecular weight is 450 g/mol. The maximum atomic E-state index is 12.9. The molecule has 2 amide bonds. The number of rotatable bonds is 5. The van der Waals surface area contributed by atoms with E-state index in [1.165, 1.54) is 17.0 Å². The molecule has 0 bridgehead atoms. The lowest BCUT2D eigenvalue weighted by Crippen LogP contribution is -2.40. The molecule has 0 aromatic heterocycles. The number of nitrogens with zero attached hydrogens (tertiary/aromatic N) is 1. The minimum absolute atomic E-state index is 0.0126. The van der Waals surface area contributed by atoms with Crippen LogP contribution in [0.4, 0.5) is 10.5 Å².